The van der Waals surface area contributed by atoms with Gasteiger partial charge in [0.05, 0.1) is 6.54 Å². The Hall–Kier alpha value is -1.89. The van der Waals surface area contributed by atoms with Crippen LogP contribution in [0.25, 0.3) is 0 Å². The molecule has 0 fully saturated rings. The van der Waals surface area contributed by atoms with Gasteiger partial charge in [0.25, 0.3) is 0 Å². The number of benzene rings is 1. The zero-order chi connectivity index (χ0) is 15.6. The number of fused-ring (bicyclic) bond motifs is 1. The van der Waals surface area contributed by atoms with E-state index in [0.717, 1.165) is 11.8 Å². The third-order valence-corrected chi connectivity index (χ3v) is 4.43. The van der Waals surface area contributed by atoms with Crippen LogP contribution in [0.1, 0.15) is 23.7 Å². The molecule has 2 rings (SSSR count). The first-order valence-electron chi connectivity index (χ1n) is 6.35. The van der Waals surface area contributed by atoms with Gasteiger partial charge in [0.2, 0.25) is 5.91 Å². The molecule has 21 heavy (non-hydrogen) atoms. The SMILES string of the molecule is CC(=O)N(CCF)c1ccc2c(c1)SC(C(=O)O)CC2=O. The Kier molecular flexibility index (Phi) is 4.62. The molecule has 1 aromatic carbocycles. The van der Waals surface area contributed by atoms with E-state index in [1.54, 1.807) is 18.2 Å². The normalized spacial score (nSPS) is 17.2. The Morgan fingerprint density at radius 1 is 1.48 bits per heavy atom. The first-order chi connectivity index (χ1) is 9.93. The number of halogens is 1. The Labute approximate surface area is 125 Å². The highest BCUT2D eigenvalue weighted by molar-refractivity contribution is 8.00. The highest BCUT2D eigenvalue weighted by atomic mass is 32.2. The number of carboxylic acids is 1. The van der Waals surface area contributed by atoms with Crippen LogP contribution in [0.2, 0.25) is 0 Å². The third-order valence-electron chi connectivity index (χ3n) is 3.18. The summed E-state index contributed by atoms with van der Waals surface area (Å²) in [5.74, 6) is -1.59. The fourth-order valence-corrected chi connectivity index (χ4v) is 3.31. The summed E-state index contributed by atoms with van der Waals surface area (Å²) in [5.41, 5.74) is 0.912. The molecule has 0 saturated carbocycles. The summed E-state index contributed by atoms with van der Waals surface area (Å²) in [7, 11) is 0. The van der Waals surface area contributed by atoms with Crippen LogP contribution in [0.3, 0.4) is 0 Å². The van der Waals surface area contributed by atoms with E-state index in [2.05, 4.69) is 0 Å². The Balaban J connectivity index is 2.37. The predicted molar refractivity (Wildman–Crippen MR) is 76.7 cm³/mol. The van der Waals surface area contributed by atoms with E-state index in [1.807, 2.05) is 0 Å². The standard InChI is InChI=1S/C14H14FNO4S/c1-8(17)16(5-4-15)9-2-3-10-11(18)7-13(14(19)20)21-12(10)6-9/h2-3,6,13H,4-5,7H2,1H3,(H,19,20). The summed E-state index contributed by atoms with van der Waals surface area (Å²) in [4.78, 5) is 36.3. The third kappa shape index (κ3) is 3.24. The molecule has 1 atom stereocenters. The number of aliphatic carboxylic acids is 1. The largest absolute Gasteiger partial charge is 0.480 e. The molecule has 1 amide bonds. The molecular weight excluding hydrogens is 297 g/mol. The van der Waals surface area contributed by atoms with Crippen molar-refractivity contribution in [2.45, 2.75) is 23.5 Å². The smallest absolute Gasteiger partial charge is 0.317 e. The minimum Gasteiger partial charge on any atom is -0.480 e. The van der Waals surface area contributed by atoms with Crippen molar-refractivity contribution in [2.24, 2.45) is 0 Å². The van der Waals surface area contributed by atoms with Crippen molar-refractivity contribution in [3.05, 3.63) is 23.8 Å². The number of carbonyl (C=O) groups excluding carboxylic acids is 2. The van der Waals surface area contributed by atoms with Gasteiger partial charge in [0.15, 0.2) is 5.78 Å². The Morgan fingerprint density at radius 2 is 2.19 bits per heavy atom. The molecule has 0 aliphatic carbocycles. The number of hydrogen-bond donors (Lipinski definition) is 1. The number of carbonyl (C=O) groups is 3. The van der Waals surface area contributed by atoms with E-state index in [-0.39, 0.29) is 24.7 Å². The summed E-state index contributed by atoms with van der Waals surface area (Å²) in [5, 5.41) is 8.22. The summed E-state index contributed by atoms with van der Waals surface area (Å²) in [6.45, 7) is 0.572. The second-order valence-corrected chi connectivity index (χ2v) is 5.86. The van der Waals surface area contributed by atoms with Crippen molar-refractivity contribution < 1.29 is 23.9 Å². The lowest BCUT2D eigenvalue weighted by Crippen LogP contribution is -2.31. The van der Waals surface area contributed by atoms with E-state index in [9.17, 15) is 18.8 Å². The molecule has 1 unspecified atom stereocenters. The highest BCUT2D eigenvalue weighted by Gasteiger charge is 2.31. The number of Topliss-reactive ketones (excluding diaryl/α,β-unsaturated/α-hetero) is 1. The maximum atomic E-state index is 12.5. The lowest BCUT2D eigenvalue weighted by Gasteiger charge is -2.24. The van der Waals surface area contributed by atoms with Crippen molar-refractivity contribution >= 4 is 35.1 Å². The molecule has 0 spiro atoms. The molecule has 1 aromatic rings. The van der Waals surface area contributed by atoms with E-state index in [1.165, 1.54) is 11.8 Å². The van der Waals surface area contributed by atoms with Crippen LogP contribution in [0, 0.1) is 0 Å². The van der Waals surface area contributed by atoms with E-state index in [4.69, 9.17) is 5.11 Å². The number of rotatable bonds is 4. The van der Waals surface area contributed by atoms with Crippen LogP contribution in [-0.2, 0) is 9.59 Å². The molecule has 0 saturated heterocycles. The second kappa shape index (κ2) is 6.26. The number of thioether (sulfide) groups is 1. The maximum Gasteiger partial charge on any atom is 0.317 e. The molecule has 0 radical (unpaired) electrons. The average molecular weight is 311 g/mol. The molecule has 1 heterocycles. The minimum absolute atomic E-state index is 0.0484. The predicted octanol–water partition coefficient (Wildman–Crippen LogP) is 2.14. The summed E-state index contributed by atoms with van der Waals surface area (Å²) in [6.07, 6.45) is -0.0484. The lowest BCUT2D eigenvalue weighted by molar-refractivity contribution is -0.136. The molecule has 0 aromatic heterocycles. The van der Waals surface area contributed by atoms with Gasteiger partial charge in [0, 0.05) is 29.5 Å². The van der Waals surface area contributed by atoms with Crippen LogP contribution in [0.5, 0.6) is 0 Å². The monoisotopic (exact) mass is 311 g/mol. The summed E-state index contributed by atoms with van der Waals surface area (Å²) < 4.78 is 12.5. The van der Waals surface area contributed by atoms with Crippen LogP contribution in [-0.4, -0.2) is 41.2 Å². The van der Waals surface area contributed by atoms with Gasteiger partial charge < -0.3 is 10.0 Å². The fraction of sp³-hybridized carbons (Fsp3) is 0.357. The van der Waals surface area contributed by atoms with Crippen LogP contribution in [0.4, 0.5) is 10.1 Å². The molecular formula is C14H14FNO4S. The molecule has 1 aliphatic rings. The topological polar surface area (TPSA) is 74.7 Å². The van der Waals surface area contributed by atoms with Crippen molar-refractivity contribution in [3.63, 3.8) is 0 Å². The van der Waals surface area contributed by atoms with Gasteiger partial charge in [-0.2, -0.15) is 0 Å². The van der Waals surface area contributed by atoms with E-state index in [0.29, 0.717) is 16.1 Å². The van der Waals surface area contributed by atoms with Crippen molar-refractivity contribution in [1.82, 2.24) is 0 Å². The van der Waals surface area contributed by atoms with E-state index < -0.39 is 17.9 Å². The van der Waals surface area contributed by atoms with Gasteiger partial charge in [0.1, 0.15) is 11.9 Å². The quantitative estimate of drug-likeness (QED) is 0.922. The van der Waals surface area contributed by atoms with Crippen LogP contribution < -0.4 is 4.90 Å². The molecule has 5 nitrogen and oxygen atoms in total. The zero-order valence-electron chi connectivity index (χ0n) is 11.3. The zero-order valence-corrected chi connectivity index (χ0v) is 12.2. The van der Waals surface area contributed by atoms with Gasteiger partial charge in [-0.1, -0.05) is 0 Å². The molecule has 1 aliphatic heterocycles. The van der Waals surface area contributed by atoms with Crippen LogP contribution >= 0.6 is 11.8 Å². The summed E-state index contributed by atoms with van der Waals surface area (Å²) >= 11 is 1.08. The fourth-order valence-electron chi connectivity index (χ4n) is 2.17. The Morgan fingerprint density at radius 3 is 2.76 bits per heavy atom. The molecule has 0 bridgehead atoms. The number of anilines is 1. The molecule has 7 heteroatoms. The second-order valence-electron chi connectivity index (χ2n) is 4.61. The van der Waals surface area contributed by atoms with Gasteiger partial charge in [-0.25, -0.2) is 4.39 Å². The minimum atomic E-state index is -1.04. The van der Waals surface area contributed by atoms with Crippen molar-refractivity contribution in [1.29, 1.82) is 0 Å². The number of carboxylic acid groups (broad SMARTS) is 1. The number of nitrogens with zero attached hydrogens (tertiary/aromatic N) is 1. The Bertz CT molecular complexity index is 605. The first kappa shape index (κ1) is 15.5. The maximum absolute atomic E-state index is 12.5. The number of ketones is 1. The highest BCUT2D eigenvalue weighted by Crippen LogP contribution is 2.37. The van der Waals surface area contributed by atoms with Crippen molar-refractivity contribution in [3.8, 4) is 0 Å². The lowest BCUT2D eigenvalue weighted by atomic mass is 10.0. The van der Waals surface area contributed by atoms with E-state index >= 15 is 0 Å². The van der Waals surface area contributed by atoms with Gasteiger partial charge in [-0.3, -0.25) is 14.4 Å². The number of alkyl halides is 1. The van der Waals surface area contributed by atoms with Gasteiger partial charge in [-0.15, -0.1) is 11.8 Å². The molecule has 112 valence electrons. The van der Waals surface area contributed by atoms with Gasteiger partial charge >= 0.3 is 5.97 Å². The first-order valence-corrected chi connectivity index (χ1v) is 7.22. The number of amides is 1. The average Bonchev–Trinajstić information content (AvgIpc) is 2.43. The van der Waals surface area contributed by atoms with Crippen LogP contribution in [0.15, 0.2) is 23.1 Å². The molecule has 1 N–H and O–H groups in total. The van der Waals surface area contributed by atoms with Crippen molar-refractivity contribution in [2.75, 3.05) is 18.1 Å². The van der Waals surface area contributed by atoms with Gasteiger partial charge in [-0.05, 0) is 18.2 Å². The number of hydrogen-bond acceptors (Lipinski definition) is 4. The summed E-state index contributed by atoms with van der Waals surface area (Å²) in [6, 6.07) is 4.71.